The van der Waals surface area contributed by atoms with Gasteiger partial charge in [-0.2, -0.15) is 0 Å². The SMILES string of the molecule is C=CCn1c(SCC(=O)NCc2ccc(Cl)cc2)nnc1C(C)Oc1ccc(F)cc1F. The number of hydrogen-bond donors (Lipinski definition) is 1. The minimum atomic E-state index is -0.807. The van der Waals surface area contributed by atoms with Gasteiger partial charge in [0.25, 0.3) is 0 Å². The van der Waals surface area contributed by atoms with Crippen LogP contribution in [-0.4, -0.2) is 26.4 Å². The van der Waals surface area contributed by atoms with E-state index in [9.17, 15) is 13.6 Å². The summed E-state index contributed by atoms with van der Waals surface area (Å²) in [6.45, 7) is 6.17. The lowest BCUT2D eigenvalue weighted by Gasteiger charge is -2.16. The van der Waals surface area contributed by atoms with Crippen LogP contribution in [0.4, 0.5) is 8.78 Å². The maximum atomic E-state index is 13.9. The van der Waals surface area contributed by atoms with Crippen molar-refractivity contribution in [3.8, 4) is 5.75 Å². The molecule has 0 aliphatic heterocycles. The molecule has 0 saturated carbocycles. The summed E-state index contributed by atoms with van der Waals surface area (Å²) in [7, 11) is 0. The van der Waals surface area contributed by atoms with Gasteiger partial charge >= 0.3 is 0 Å². The molecular formula is C22H21ClF2N4O2S. The molecule has 1 unspecified atom stereocenters. The summed E-state index contributed by atoms with van der Waals surface area (Å²) in [6.07, 6.45) is 0.985. The van der Waals surface area contributed by atoms with Crippen molar-refractivity contribution >= 4 is 29.3 Å². The highest BCUT2D eigenvalue weighted by molar-refractivity contribution is 7.99. The van der Waals surface area contributed by atoms with Gasteiger partial charge in [-0.1, -0.05) is 41.6 Å². The number of amides is 1. The predicted octanol–water partition coefficient (Wildman–Crippen LogP) is 4.94. The first-order chi connectivity index (χ1) is 15.4. The molecule has 3 aromatic rings. The number of hydrogen-bond acceptors (Lipinski definition) is 5. The van der Waals surface area contributed by atoms with E-state index in [2.05, 4.69) is 22.1 Å². The van der Waals surface area contributed by atoms with Crippen LogP contribution in [0.15, 0.2) is 60.3 Å². The monoisotopic (exact) mass is 478 g/mol. The maximum absolute atomic E-state index is 13.9. The zero-order chi connectivity index (χ0) is 23.1. The molecule has 6 nitrogen and oxygen atoms in total. The highest BCUT2D eigenvalue weighted by Crippen LogP contribution is 2.26. The average molecular weight is 479 g/mol. The van der Waals surface area contributed by atoms with Gasteiger partial charge in [-0.15, -0.1) is 16.8 Å². The lowest BCUT2D eigenvalue weighted by Crippen LogP contribution is -2.24. The molecule has 0 saturated heterocycles. The zero-order valence-electron chi connectivity index (χ0n) is 17.2. The molecule has 0 aliphatic carbocycles. The van der Waals surface area contributed by atoms with Gasteiger partial charge in [0.2, 0.25) is 5.91 Å². The fourth-order valence-corrected chi connectivity index (χ4v) is 3.72. The molecule has 0 aliphatic rings. The second kappa shape index (κ2) is 11.1. The molecule has 1 aromatic heterocycles. The zero-order valence-corrected chi connectivity index (χ0v) is 18.8. The molecule has 168 valence electrons. The molecule has 10 heteroatoms. The topological polar surface area (TPSA) is 69.0 Å². The van der Waals surface area contributed by atoms with E-state index in [1.54, 1.807) is 29.7 Å². The molecule has 1 N–H and O–H groups in total. The third-order valence-corrected chi connectivity index (χ3v) is 5.57. The van der Waals surface area contributed by atoms with Crippen LogP contribution < -0.4 is 10.1 Å². The van der Waals surface area contributed by atoms with E-state index >= 15 is 0 Å². The van der Waals surface area contributed by atoms with Crippen molar-refractivity contribution in [1.29, 1.82) is 0 Å². The molecule has 0 fully saturated rings. The Bertz CT molecular complexity index is 1090. The normalized spacial score (nSPS) is 11.8. The summed E-state index contributed by atoms with van der Waals surface area (Å²) in [5.41, 5.74) is 0.934. The summed E-state index contributed by atoms with van der Waals surface area (Å²) < 4.78 is 34.4. The molecule has 1 amide bonds. The standard InChI is InChI=1S/C22H21ClF2N4O2S/c1-3-10-29-21(14(2)31-19-9-8-17(24)11-18(19)25)27-28-22(29)32-13-20(30)26-12-15-4-6-16(23)7-5-15/h3-9,11,14H,1,10,12-13H2,2H3,(H,26,30). The highest BCUT2D eigenvalue weighted by Gasteiger charge is 2.21. The Hall–Kier alpha value is -2.91. The number of thioether (sulfide) groups is 1. The summed E-state index contributed by atoms with van der Waals surface area (Å²) in [6, 6.07) is 10.3. The average Bonchev–Trinajstić information content (AvgIpc) is 3.17. The highest BCUT2D eigenvalue weighted by atomic mass is 35.5. The van der Waals surface area contributed by atoms with Crippen LogP contribution in [0.1, 0.15) is 24.4 Å². The van der Waals surface area contributed by atoms with Crippen LogP contribution >= 0.6 is 23.4 Å². The van der Waals surface area contributed by atoms with Crippen molar-refractivity contribution in [1.82, 2.24) is 20.1 Å². The Morgan fingerprint density at radius 1 is 1.28 bits per heavy atom. The van der Waals surface area contributed by atoms with E-state index in [-0.39, 0.29) is 17.4 Å². The van der Waals surface area contributed by atoms with Crippen molar-refractivity contribution in [3.05, 3.63) is 83.2 Å². The van der Waals surface area contributed by atoms with E-state index in [0.717, 1.165) is 17.7 Å². The number of halogens is 3. The first-order valence-corrected chi connectivity index (χ1v) is 11.0. The molecule has 0 radical (unpaired) electrons. The molecule has 1 heterocycles. The van der Waals surface area contributed by atoms with Gasteiger partial charge in [-0.25, -0.2) is 8.78 Å². The number of benzene rings is 2. The Morgan fingerprint density at radius 3 is 2.72 bits per heavy atom. The first-order valence-electron chi connectivity index (χ1n) is 9.67. The van der Waals surface area contributed by atoms with Gasteiger partial charge in [0, 0.05) is 24.2 Å². The van der Waals surface area contributed by atoms with Crippen molar-refractivity contribution in [2.75, 3.05) is 5.75 Å². The smallest absolute Gasteiger partial charge is 0.230 e. The van der Waals surface area contributed by atoms with Crippen molar-refractivity contribution < 1.29 is 18.3 Å². The second-order valence-electron chi connectivity index (χ2n) is 6.77. The number of allylic oxidation sites excluding steroid dienone is 1. The Morgan fingerprint density at radius 2 is 2.03 bits per heavy atom. The first kappa shape index (κ1) is 23.7. The van der Waals surface area contributed by atoms with Crippen LogP contribution in [0, 0.1) is 11.6 Å². The molecular weight excluding hydrogens is 458 g/mol. The molecule has 3 rings (SSSR count). The van der Waals surface area contributed by atoms with E-state index in [4.69, 9.17) is 16.3 Å². The van der Waals surface area contributed by atoms with Crippen LogP contribution in [-0.2, 0) is 17.9 Å². The number of carbonyl (C=O) groups excluding carboxylic acids is 1. The van der Waals surface area contributed by atoms with Gasteiger partial charge in [0.1, 0.15) is 5.82 Å². The van der Waals surface area contributed by atoms with Crippen molar-refractivity contribution in [2.45, 2.75) is 31.3 Å². The third-order valence-electron chi connectivity index (χ3n) is 4.35. The van der Waals surface area contributed by atoms with E-state index in [0.29, 0.717) is 29.1 Å². The second-order valence-corrected chi connectivity index (χ2v) is 8.15. The fourth-order valence-electron chi connectivity index (χ4n) is 2.81. The lowest BCUT2D eigenvalue weighted by atomic mass is 10.2. The minimum absolute atomic E-state index is 0.0946. The van der Waals surface area contributed by atoms with Gasteiger partial charge in [-0.3, -0.25) is 9.36 Å². The van der Waals surface area contributed by atoms with Crippen LogP contribution in [0.25, 0.3) is 0 Å². The van der Waals surface area contributed by atoms with E-state index in [1.807, 2.05) is 12.1 Å². The number of rotatable bonds is 10. The summed E-state index contributed by atoms with van der Waals surface area (Å²) >= 11 is 7.07. The number of nitrogens with zero attached hydrogens (tertiary/aromatic N) is 3. The minimum Gasteiger partial charge on any atom is -0.480 e. The number of carbonyl (C=O) groups is 1. The van der Waals surface area contributed by atoms with Crippen molar-refractivity contribution in [3.63, 3.8) is 0 Å². The molecule has 0 spiro atoms. The van der Waals surface area contributed by atoms with Crippen LogP contribution in [0.5, 0.6) is 5.75 Å². The van der Waals surface area contributed by atoms with Gasteiger partial charge in [0.05, 0.1) is 5.75 Å². The summed E-state index contributed by atoms with van der Waals surface area (Å²) in [4.78, 5) is 12.2. The third kappa shape index (κ3) is 6.30. The van der Waals surface area contributed by atoms with Gasteiger partial charge < -0.3 is 10.1 Å². The van der Waals surface area contributed by atoms with E-state index in [1.165, 1.54) is 17.8 Å². The molecule has 32 heavy (non-hydrogen) atoms. The molecule has 0 bridgehead atoms. The Kier molecular flexibility index (Phi) is 8.24. The lowest BCUT2D eigenvalue weighted by molar-refractivity contribution is -0.118. The Balaban J connectivity index is 1.62. The number of ether oxygens (including phenoxy) is 1. The van der Waals surface area contributed by atoms with Gasteiger partial charge in [0.15, 0.2) is 28.7 Å². The molecule has 2 aromatic carbocycles. The van der Waals surface area contributed by atoms with Crippen LogP contribution in [0.2, 0.25) is 5.02 Å². The Labute approximate surface area is 193 Å². The quantitative estimate of drug-likeness (QED) is 0.330. The largest absolute Gasteiger partial charge is 0.480 e. The van der Waals surface area contributed by atoms with Crippen LogP contribution in [0.3, 0.4) is 0 Å². The predicted molar refractivity (Wildman–Crippen MR) is 120 cm³/mol. The molecule has 1 atom stereocenters. The fraction of sp³-hybridized carbons (Fsp3) is 0.227. The number of nitrogens with one attached hydrogen (secondary N) is 1. The van der Waals surface area contributed by atoms with Crippen molar-refractivity contribution in [2.24, 2.45) is 0 Å². The van der Waals surface area contributed by atoms with E-state index < -0.39 is 17.7 Å². The summed E-state index contributed by atoms with van der Waals surface area (Å²) in [5.74, 6) is -1.20. The van der Waals surface area contributed by atoms with Gasteiger partial charge in [-0.05, 0) is 36.8 Å². The maximum Gasteiger partial charge on any atom is 0.230 e. The summed E-state index contributed by atoms with van der Waals surface area (Å²) in [5, 5.41) is 12.2. The number of aromatic nitrogens is 3.